The van der Waals surface area contributed by atoms with Crippen LogP contribution in [0.5, 0.6) is 5.75 Å². The topological polar surface area (TPSA) is 90.8 Å². The first-order chi connectivity index (χ1) is 11.6. The first kappa shape index (κ1) is 17.2. The second kappa shape index (κ2) is 8.47. The van der Waals surface area contributed by atoms with Gasteiger partial charge in [-0.3, -0.25) is 9.59 Å². The highest BCUT2D eigenvalue weighted by Gasteiger charge is 2.10. The first-order valence-electron chi connectivity index (χ1n) is 7.57. The average Bonchev–Trinajstić information content (AvgIpc) is 2.57. The lowest BCUT2D eigenvalue weighted by Gasteiger charge is -2.09. The summed E-state index contributed by atoms with van der Waals surface area (Å²) in [7, 11) is 0. The fourth-order valence-corrected chi connectivity index (χ4v) is 2.07. The van der Waals surface area contributed by atoms with Crippen LogP contribution in [0.3, 0.4) is 0 Å². The third kappa shape index (κ3) is 5.24. The highest BCUT2D eigenvalue weighted by Crippen LogP contribution is 2.15. The molecule has 3 N–H and O–H groups in total. The van der Waals surface area contributed by atoms with Crippen molar-refractivity contribution in [3.8, 4) is 5.75 Å². The number of para-hydroxylation sites is 1. The summed E-state index contributed by atoms with van der Waals surface area (Å²) in [5.74, 6) is -0.745. The SMILES string of the molecule is CCc1ccccc1NC(=O)CC(=O)N/N=C/c1ccc(O)cc1. The van der Waals surface area contributed by atoms with E-state index in [0.29, 0.717) is 5.69 Å². The number of aromatic hydroxyl groups is 1. The van der Waals surface area contributed by atoms with Crippen LogP contribution in [-0.4, -0.2) is 23.1 Å². The smallest absolute Gasteiger partial charge is 0.249 e. The van der Waals surface area contributed by atoms with Gasteiger partial charge in [0.15, 0.2) is 0 Å². The van der Waals surface area contributed by atoms with E-state index in [1.54, 1.807) is 18.2 Å². The first-order valence-corrected chi connectivity index (χ1v) is 7.57. The van der Waals surface area contributed by atoms with Crippen molar-refractivity contribution >= 4 is 23.7 Å². The van der Waals surface area contributed by atoms with E-state index in [2.05, 4.69) is 15.8 Å². The van der Waals surface area contributed by atoms with Crippen molar-refractivity contribution in [2.24, 2.45) is 5.10 Å². The maximum Gasteiger partial charge on any atom is 0.249 e. The van der Waals surface area contributed by atoms with E-state index >= 15 is 0 Å². The Labute approximate surface area is 140 Å². The van der Waals surface area contributed by atoms with Gasteiger partial charge in [0.05, 0.1) is 6.21 Å². The number of hydrazone groups is 1. The van der Waals surface area contributed by atoms with Gasteiger partial charge in [-0.15, -0.1) is 0 Å². The lowest BCUT2D eigenvalue weighted by molar-refractivity contribution is -0.126. The molecule has 0 radical (unpaired) electrons. The number of carbonyl (C=O) groups is 2. The number of anilines is 1. The predicted molar refractivity (Wildman–Crippen MR) is 92.9 cm³/mol. The van der Waals surface area contributed by atoms with Crippen molar-refractivity contribution in [2.75, 3.05) is 5.32 Å². The molecule has 124 valence electrons. The Morgan fingerprint density at radius 2 is 1.79 bits per heavy atom. The Hall–Kier alpha value is -3.15. The fourth-order valence-electron chi connectivity index (χ4n) is 2.07. The zero-order valence-electron chi connectivity index (χ0n) is 13.3. The molecule has 0 bridgehead atoms. The van der Waals surface area contributed by atoms with Gasteiger partial charge < -0.3 is 10.4 Å². The number of amides is 2. The number of aryl methyl sites for hydroxylation is 1. The molecule has 6 heteroatoms. The standard InChI is InChI=1S/C18H19N3O3/c1-2-14-5-3-4-6-16(14)20-17(23)11-18(24)21-19-12-13-7-9-15(22)10-8-13/h3-10,12,22H,2,11H2,1H3,(H,20,23)(H,21,24)/b19-12+. The van der Waals surface area contributed by atoms with Crippen LogP contribution in [-0.2, 0) is 16.0 Å². The zero-order valence-corrected chi connectivity index (χ0v) is 13.3. The molecule has 0 unspecified atom stereocenters. The molecule has 2 rings (SSSR count). The zero-order chi connectivity index (χ0) is 17.4. The van der Waals surface area contributed by atoms with Crippen molar-refractivity contribution < 1.29 is 14.7 Å². The highest BCUT2D eigenvalue weighted by molar-refractivity contribution is 6.04. The average molecular weight is 325 g/mol. The molecule has 0 saturated heterocycles. The molecule has 2 aromatic rings. The summed E-state index contributed by atoms with van der Waals surface area (Å²) in [5, 5.41) is 15.7. The summed E-state index contributed by atoms with van der Waals surface area (Å²) in [6.07, 6.45) is 1.91. The van der Waals surface area contributed by atoms with Crippen molar-refractivity contribution in [3.63, 3.8) is 0 Å². The van der Waals surface area contributed by atoms with E-state index in [4.69, 9.17) is 5.11 Å². The van der Waals surface area contributed by atoms with E-state index < -0.39 is 11.8 Å². The molecule has 0 aromatic heterocycles. The summed E-state index contributed by atoms with van der Waals surface area (Å²) in [4.78, 5) is 23.6. The van der Waals surface area contributed by atoms with E-state index in [-0.39, 0.29) is 12.2 Å². The minimum Gasteiger partial charge on any atom is -0.508 e. The van der Waals surface area contributed by atoms with Gasteiger partial charge in [0.2, 0.25) is 11.8 Å². The summed E-state index contributed by atoms with van der Waals surface area (Å²) in [6, 6.07) is 13.8. The van der Waals surface area contributed by atoms with Crippen molar-refractivity contribution in [3.05, 3.63) is 59.7 Å². The molecule has 2 aromatic carbocycles. The number of nitrogens with one attached hydrogen (secondary N) is 2. The number of benzene rings is 2. The molecule has 0 fully saturated rings. The number of nitrogens with zero attached hydrogens (tertiary/aromatic N) is 1. The minimum absolute atomic E-state index is 0.153. The van der Waals surface area contributed by atoms with Crippen LogP contribution in [0.25, 0.3) is 0 Å². The molecule has 2 amide bonds. The molecule has 0 heterocycles. The monoisotopic (exact) mass is 325 g/mol. The maximum atomic E-state index is 11.9. The fraction of sp³-hybridized carbons (Fsp3) is 0.167. The summed E-state index contributed by atoms with van der Waals surface area (Å²) in [6.45, 7) is 2.00. The van der Waals surface area contributed by atoms with Crippen molar-refractivity contribution in [1.29, 1.82) is 0 Å². The van der Waals surface area contributed by atoms with Gasteiger partial charge in [0.25, 0.3) is 0 Å². The Balaban J connectivity index is 1.83. The third-order valence-corrected chi connectivity index (χ3v) is 3.29. The Bertz CT molecular complexity index is 739. The van der Waals surface area contributed by atoms with Crippen LogP contribution in [0.15, 0.2) is 53.6 Å². The molecule has 0 atom stereocenters. The maximum absolute atomic E-state index is 11.9. The quantitative estimate of drug-likeness (QED) is 0.433. The van der Waals surface area contributed by atoms with Crippen LogP contribution in [0, 0.1) is 0 Å². The Kier molecular flexibility index (Phi) is 6.08. The predicted octanol–water partition coefficient (Wildman–Crippen LogP) is 2.43. The number of carbonyl (C=O) groups excluding carboxylic acids is 2. The largest absolute Gasteiger partial charge is 0.508 e. The van der Waals surface area contributed by atoms with Crippen molar-refractivity contribution in [1.82, 2.24) is 5.43 Å². The van der Waals surface area contributed by atoms with Crippen LogP contribution in [0.4, 0.5) is 5.69 Å². The Morgan fingerprint density at radius 1 is 1.08 bits per heavy atom. The van der Waals surface area contributed by atoms with Gasteiger partial charge >= 0.3 is 0 Å². The molecule has 0 aliphatic carbocycles. The number of hydrogen-bond donors (Lipinski definition) is 3. The highest BCUT2D eigenvalue weighted by atomic mass is 16.3. The van der Waals surface area contributed by atoms with Crippen molar-refractivity contribution in [2.45, 2.75) is 19.8 Å². The second-order valence-electron chi connectivity index (χ2n) is 5.12. The molecular weight excluding hydrogens is 306 g/mol. The summed E-state index contributed by atoms with van der Waals surface area (Å²) >= 11 is 0. The van der Waals surface area contributed by atoms with E-state index in [9.17, 15) is 9.59 Å². The number of rotatable bonds is 6. The molecule has 0 spiro atoms. The van der Waals surface area contributed by atoms with E-state index in [1.165, 1.54) is 18.3 Å². The van der Waals surface area contributed by atoms with Crippen LogP contribution >= 0.6 is 0 Å². The van der Waals surface area contributed by atoms with Crippen LogP contribution < -0.4 is 10.7 Å². The molecule has 0 saturated carbocycles. The lowest BCUT2D eigenvalue weighted by atomic mass is 10.1. The molecule has 0 aliphatic heterocycles. The minimum atomic E-state index is -0.503. The molecular formula is C18H19N3O3. The van der Waals surface area contributed by atoms with Gasteiger partial charge in [-0.2, -0.15) is 5.10 Å². The normalized spacial score (nSPS) is 10.5. The molecule has 0 aliphatic rings. The van der Waals surface area contributed by atoms with Crippen LogP contribution in [0.2, 0.25) is 0 Å². The van der Waals surface area contributed by atoms with E-state index in [0.717, 1.165) is 17.5 Å². The molecule has 6 nitrogen and oxygen atoms in total. The van der Waals surface area contributed by atoms with Gasteiger partial charge in [0.1, 0.15) is 12.2 Å². The lowest BCUT2D eigenvalue weighted by Crippen LogP contribution is -2.25. The third-order valence-electron chi connectivity index (χ3n) is 3.29. The summed E-state index contributed by atoms with van der Waals surface area (Å²) < 4.78 is 0. The summed E-state index contributed by atoms with van der Waals surface area (Å²) in [5.41, 5.74) is 4.74. The van der Waals surface area contributed by atoms with Gasteiger partial charge in [-0.05, 0) is 47.9 Å². The van der Waals surface area contributed by atoms with Gasteiger partial charge in [-0.25, -0.2) is 5.43 Å². The van der Waals surface area contributed by atoms with Crippen LogP contribution in [0.1, 0.15) is 24.5 Å². The number of phenols is 1. The Morgan fingerprint density at radius 3 is 2.50 bits per heavy atom. The van der Waals surface area contributed by atoms with E-state index in [1.807, 2.05) is 25.1 Å². The number of hydrogen-bond acceptors (Lipinski definition) is 4. The van der Waals surface area contributed by atoms with Gasteiger partial charge in [0, 0.05) is 5.69 Å². The molecule has 24 heavy (non-hydrogen) atoms. The second-order valence-corrected chi connectivity index (χ2v) is 5.12. The van der Waals surface area contributed by atoms with Gasteiger partial charge in [-0.1, -0.05) is 25.1 Å². The number of phenolic OH excluding ortho intramolecular Hbond substituents is 1.